The highest BCUT2D eigenvalue weighted by molar-refractivity contribution is 5.88. The highest BCUT2D eigenvalue weighted by Crippen LogP contribution is 2.19. The van der Waals surface area contributed by atoms with Gasteiger partial charge in [0.25, 0.3) is 0 Å². The van der Waals surface area contributed by atoms with Gasteiger partial charge in [-0.1, -0.05) is 32.9 Å². The monoisotopic (exact) mass is 384 g/mol. The number of hydrogen-bond acceptors (Lipinski definition) is 5. The predicted molar refractivity (Wildman–Crippen MR) is 106 cm³/mol. The molecule has 0 radical (unpaired) electrons. The number of benzene rings is 1. The summed E-state index contributed by atoms with van der Waals surface area (Å²) < 4.78 is 1.67. The Bertz CT molecular complexity index is 795. The van der Waals surface area contributed by atoms with Gasteiger partial charge in [-0.2, -0.15) is 5.10 Å². The molecule has 28 heavy (non-hydrogen) atoms. The normalized spacial score (nSPS) is 18.0. The van der Waals surface area contributed by atoms with E-state index in [9.17, 15) is 9.59 Å². The third kappa shape index (κ3) is 5.39. The molecule has 1 atom stereocenters. The highest BCUT2D eigenvalue weighted by Gasteiger charge is 2.33. The molecular weight excluding hydrogens is 356 g/mol. The maximum atomic E-state index is 12.5. The largest absolute Gasteiger partial charge is 0.353 e. The molecule has 1 aliphatic rings. The third-order valence-electron chi connectivity index (χ3n) is 4.61. The lowest BCUT2D eigenvalue weighted by molar-refractivity contribution is -0.134. The van der Waals surface area contributed by atoms with Crippen LogP contribution in [0.15, 0.2) is 36.9 Å². The number of amides is 2. The number of aromatic nitrogens is 3. The van der Waals surface area contributed by atoms with Crippen molar-refractivity contribution in [1.29, 1.82) is 0 Å². The van der Waals surface area contributed by atoms with E-state index >= 15 is 0 Å². The summed E-state index contributed by atoms with van der Waals surface area (Å²) in [5, 5.41) is 9.88. The van der Waals surface area contributed by atoms with Crippen LogP contribution < -0.4 is 10.6 Å². The van der Waals surface area contributed by atoms with Gasteiger partial charge in [-0.25, -0.2) is 9.67 Å². The second kappa shape index (κ2) is 8.52. The first-order chi connectivity index (χ1) is 13.3. The van der Waals surface area contributed by atoms with Gasteiger partial charge in [-0.05, 0) is 23.1 Å². The van der Waals surface area contributed by atoms with Crippen LogP contribution in [0.4, 0.5) is 0 Å². The van der Waals surface area contributed by atoms with E-state index in [1.807, 2.05) is 24.3 Å². The molecule has 0 saturated carbocycles. The molecule has 2 amide bonds. The van der Waals surface area contributed by atoms with Crippen molar-refractivity contribution in [2.75, 3.05) is 19.6 Å². The van der Waals surface area contributed by atoms with Crippen LogP contribution in [0.5, 0.6) is 0 Å². The average Bonchev–Trinajstić information content (AvgIpc) is 3.17. The summed E-state index contributed by atoms with van der Waals surface area (Å²) >= 11 is 0. The summed E-state index contributed by atoms with van der Waals surface area (Å²) in [5.41, 5.74) is 1.96. The van der Waals surface area contributed by atoms with Gasteiger partial charge in [-0.3, -0.25) is 14.5 Å². The van der Waals surface area contributed by atoms with Gasteiger partial charge in [0.2, 0.25) is 11.8 Å². The van der Waals surface area contributed by atoms with E-state index < -0.39 is 6.04 Å². The maximum absolute atomic E-state index is 12.5. The predicted octanol–water partition coefficient (Wildman–Crippen LogP) is 1.12. The molecule has 8 nitrogen and oxygen atoms in total. The molecular formula is C20H28N6O2. The van der Waals surface area contributed by atoms with Crippen molar-refractivity contribution >= 4 is 11.8 Å². The van der Waals surface area contributed by atoms with E-state index in [4.69, 9.17) is 0 Å². The zero-order valence-corrected chi connectivity index (χ0v) is 16.7. The molecule has 1 aliphatic heterocycles. The lowest BCUT2D eigenvalue weighted by Crippen LogP contribution is -2.58. The SMILES string of the molecule is CC(C)(C)CN1CCNC(=O)[C@H]1CC(=O)NCc1ccc(-n2cncn2)cc1. The first-order valence-electron chi connectivity index (χ1n) is 9.54. The molecule has 3 rings (SSSR count). The number of nitrogens with one attached hydrogen (secondary N) is 2. The van der Waals surface area contributed by atoms with Gasteiger partial charge >= 0.3 is 0 Å². The van der Waals surface area contributed by atoms with E-state index in [0.29, 0.717) is 13.1 Å². The second-order valence-electron chi connectivity index (χ2n) is 8.33. The summed E-state index contributed by atoms with van der Waals surface area (Å²) in [6.07, 6.45) is 3.28. The smallest absolute Gasteiger partial charge is 0.237 e. The van der Waals surface area contributed by atoms with Gasteiger partial charge < -0.3 is 10.6 Å². The number of hydrogen-bond donors (Lipinski definition) is 2. The highest BCUT2D eigenvalue weighted by atomic mass is 16.2. The first-order valence-corrected chi connectivity index (χ1v) is 9.54. The lowest BCUT2D eigenvalue weighted by atomic mass is 9.94. The van der Waals surface area contributed by atoms with Crippen LogP contribution in [-0.2, 0) is 16.1 Å². The van der Waals surface area contributed by atoms with Gasteiger partial charge in [0.1, 0.15) is 12.7 Å². The number of carbonyl (C=O) groups is 2. The molecule has 1 aromatic carbocycles. The van der Waals surface area contributed by atoms with E-state index in [0.717, 1.165) is 24.3 Å². The summed E-state index contributed by atoms with van der Waals surface area (Å²) in [6, 6.07) is 7.32. The zero-order chi connectivity index (χ0) is 20.1. The second-order valence-corrected chi connectivity index (χ2v) is 8.33. The van der Waals surface area contributed by atoms with Crippen molar-refractivity contribution in [2.45, 2.75) is 39.8 Å². The Morgan fingerprint density at radius 2 is 2.04 bits per heavy atom. The van der Waals surface area contributed by atoms with Gasteiger partial charge in [0.05, 0.1) is 18.2 Å². The van der Waals surface area contributed by atoms with Crippen molar-refractivity contribution in [1.82, 2.24) is 30.3 Å². The van der Waals surface area contributed by atoms with Crippen LogP contribution in [0.3, 0.4) is 0 Å². The molecule has 1 saturated heterocycles. The molecule has 2 heterocycles. The number of piperazine rings is 1. The van der Waals surface area contributed by atoms with Crippen LogP contribution in [0, 0.1) is 5.41 Å². The Morgan fingerprint density at radius 3 is 2.68 bits per heavy atom. The van der Waals surface area contributed by atoms with Gasteiger partial charge in [0, 0.05) is 26.2 Å². The summed E-state index contributed by atoms with van der Waals surface area (Å²) in [4.78, 5) is 30.8. The average molecular weight is 384 g/mol. The molecule has 0 bridgehead atoms. The molecule has 0 aliphatic carbocycles. The molecule has 0 spiro atoms. The number of nitrogens with zero attached hydrogens (tertiary/aromatic N) is 4. The number of rotatable bonds is 6. The fourth-order valence-corrected chi connectivity index (χ4v) is 3.34. The first kappa shape index (κ1) is 20.0. The van der Waals surface area contributed by atoms with Crippen molar-refractivity contribution in [3.63, 3.8) is 0 Å². The van der Waals surface area contributed by atoms with Crippen LogP contribution in [-0.4, -0.2) is 57.2 Å². The van der Waals surface area contributed by atoms with Crippen LogP contribution in [0.25, 0.3) is 5.69 Å². The van der Waals surface area contributed by atoms with Crippen molar-refractivity contribution < 1.29 is 9.59 Å². The van der Waals surface area contributed by atoms with E-state index in [-0.39, 0.29) is 23.7 Å². The topological polar surface area (TPSA) is 92.2 Å². The Balaban J connectivity index is 1.54. The van der Waals surface area contributed by atoms with E-state index in [1.54, 1.807) is 11.0 Å². The minimum atomic E-state index is -0.414. The molecule has 150 valence electrons. The Morgan fingerprint density at radius 1 is 1.29 bits per heavy atom. The quantitative estimate of drug-likeness (QED) is 0.779. The standard InChI is InChI=1S/C20H28N6O2/c1-20(2,3)12-25-9-8-22-19(28)17(25)10-18(27)23-11-15-4-6-16(7-5-15)26-14-21-13-24-26/h4-7,13-14,17H,8-12H2,1-3H3,(H,22,28)(H,23,27)/t17-/m1/s1. The van der Waals surface area contributed by atoms with Gasteiger partial charge in [0.15, 0.2) is 0 Å². The van der Waals surface area contributed by atoms with E-state index in [1.165, 1.54) is 6.33 Å². The fraction of sp³-hybridized carbons (Fsp3) is 0.500. The molecule has 1 fully saturated rings. The van der Waals surface area contributed by atoms with Crippen LogP contribution >= 0.6 is 0 Å². The summed E-state index contributed by atoms with van der Waals surface area (Å²) in [7, 11) is 0. The zero-order valence-electron chi connectivity index (χ0n) is 16.7. The third-order valence-corrected chi connectivity index (χ3v) is 4.61. The molecule has 8 heteroatoms. The van der Waals surface area contributed by atoms with E-state index in [2.05, 4.69) is 46.4 Å². The van der Waals surface area contributed by atoms with Crippen molar-refractivity contribution in [2.24, 2.45) is 5.41 Å². The minimum absolute atomic E-state index is 0.0668. The molecule has 2 aromatic rings. The fourth-order valence-electron chi connectivity index (χ4n) is 3.34. The van der Waals surface area contributed by atoms with Crippen LogP contribution in [0.2, 0.25) is 0 Å². The number of carbonyl (C=O) groups excluding carboxylic acids is 2. The minimum Gasteiger partial charge on any atom is -0.353 e. The van der Waals surface area contributed by atoms with Crippen LogP contribution in [0.1, 0.15) is 32.8 Å². The Labute approximate surface area is 165 Å². The molecule has 0 unspecified atom stereocenters. The maximum Gasteiger partial charge on any atom is 0.237 e. The van der Waals surface area contributed by atoms with Crippen molar-refractivity contribution in [3.8, 4) is 5.69 Å². The lowest BCUT2D eigenvalue weighted by Gasteiger charge is -2.38. The Kier molecular flexibility index (Phi) is 6.08. The Hall–Kier alpha value is -2.74. The van der Waals surface area contributed by atoms with Crippen molar-refractivity contribution in [3.05, 3.63) is 42.5 Å². The molecule has 1 aromatic heterocycles. The summed E-state index contributed by atoms with van der Waals surface area (Å²) in [5.74, 6) is -0.191. The van der Waals surface area contributed by atoms with Gasteiger partial charge in [-0.15, -0.1) is 0 Å². The summed E-state index contributed by atoms with van der Waals surface area (Å²) in [6.45, 7) is 9.01. The molecule has 2 N–H and O–H groups in total.